The van der Waals surface area contributed by atoms with Crippen molar-refractivity contribution in [1.82, 2.24) is 10.6 Å². The molecular weight excluding hydrogens is 456 g/mol. The molecule has 0 unspecified atom stereocenters. The van der Waals surface area contributed by atoms with Crippen molar-refractivity contribution >= 4 is 23.3 Å². The molecule has 0 bridgehead atoms. The molecule has 0 spiro atoms. The number of rotatable bonds is 12. The van der Waals surface area contributed by atoms with Crippen molar-refractivity contribution < 1.29 is 28.7 Å². The Labute approximate surface area is 204 Å². The average Bonchev–Trinajstić information content (AvgIpc) is 2.79. The molecule has 2 aromatic carbocycles. The van der Waals surface area contributed by atoms with Crippen molar-refractivity contribution in [2.75, 3.05) is 25.1 Å². The third-order valence-electron chi connectivity index (χ3n) is 4.58. The molecule has 0 heterocycles. The number of nitro benzene ring substituents is 1. The van der Waals surface area contributed by atoms with Gasteiger partial charge in [-0.1, -0.05) is 0 Å². The molecule has 0 aliphatic carbocycles. The van der Waals surface area contributed by atoms with Crippen LogP contribution in [0.15, 0.2) is 30.3 Å². The summed E-state index contributed by atoms with van der Waals surface area (Å²) in [6, 6.07) is 6.94. The van der Waals surface area contributed by atoms with E-state index in [0.717, 1.165) is 0 Å². The van der Waals surface area contributed by atoms with E-state index in [4.69, 9.17) is 14.2 Å². The van der Waals surface area contributed by atoms with Gasteiger partial charge in [0.25, 0.3) is 5.91 Å². The first kappa shape index (κ1) is 27.2. The Kier molecular flexibility index (Phi) is 10.1. The molecule has 2 rings (SSSR count). The van der Waals surface area contributed by atoms with Crippen LogP contribution < -0.4 is 30.2 Å². The predicted octanol–water partition coefficient (Wildman–Crippen LogP) is 4.25. The molecule has 0 atom stereocenters. The first-order valence-corrected chi connectivity index (χ1v) is 11.4. The molecule has 0 aliphatic rings. The number of carbonyl (C=O) groups excluding carboxylic acids is 2. The van der Waals surface area contributed by atoms with Gasteiger partial charge in [-0.25, -0.2) is 4.79 Å². The summed E-state index contributed by atoms with van der Waals surface area (Å²) in [5.74, 6) is 0.456. The van der Waals surface area contributed by atoms with E-state index in [1.165, 1.54) is 18.2 Å². The minimum absolute atomic E-state index is 0.0248. The molecule has 3 N–H and O–H groups in total. The first-order valence-electron chi connectivity index (χ1n) is 11.4. The highest BCUT2D eigenvalue weighted by Crippen LogP contribution is 2.35. The fraction of sp³-hybridized carbons (Fsp3) is 0.417. The van der Waals surface area contributed by atoms with Gasteiger partial charge >= 0.3 is 11.7 Å². The monoisotopic (exact) mass is 488 g/mol. The number of nitrogens with one attached hydrogen (secondary N) is 3. The molecular formula is C24H32N4O7. The van der Waals surface area contributed by atoms with Gasteiger partial charge in [0.2, 0.25) is 0 Å². The van der Waals surface area contributed by atoms with Crippen LogP contribution in [0.1, 0.15) is 50.5 Å². The summed E-state index contributed by atoms with van der Waals surface area (Å²) >= 11 is 0. The topological polar surface area (TPSA) is 141 Å². The van der Waals surface area contributed by atoms with Gasteiger partial charge in [0, 0.05) is 23.8 Å². The summed E-state index contributed by atoms with van der Waals surface area (Å²) in [6.45, 7) is 9.93. The third-order valence-corrected chi connectivity index (χ3v) is 4.58. The summed E-state index contributed by atoms with van der Waals surface area (Å²) in [5.41, 5.74) is 0.988. The van der Waals surface area contributed by atoms with E-state index >= 15 is 0 Å². The molecule has 0 saturated heterocycles. The predicted molar refractivity (Wildman–Crippen MR) is 132 cm³/mol. The highest BCUT2D eigenvalue weighted by Gasteiger charge is 2.21. The van der Waals surface area contributed by atoms with E-state index in [1.54, 1.807) is 26.0 Å². The molecule has 0 radical (unpaired) electrons. The maximum Gasteiger partial charge on any atom is 0.319 e. The summed E-state index contributed by atoms with van der Waals surface area (Å²) < 4.78 is 16.5. The Balaban J connectivity index is 2.20. The maximum atomic E-state index is 12.6. The van der Waals surface area contributed by atoms with Gasteiger partial charge in [-0.15, -0.1) is 0 Å². The number of urea groups is 1. The van der Waals surface area contributed by atoms with Crippen LogP contribution >= 0.6 is 0 Å². The fourth-order valence-electron chi connectivity index (χ4n) is 3.19. The molecule has 35 heavy (non-hydrogen) atoms. The standard InChI is InChI=1S/C24H32N4O7/c1-6-33-20-10-9-17(12-18(20)23(29)26-15(4)5)27-24(30)25-14-16-11-22(35-8-3)19(28(31)32)13-21(16)34-7-2/h9-13,15H,6-8,14H2,1-5H3,(H,26,29)(H2,25,27,30). The number of hydrogen-bond acceptors (Lipinski definition) is 7. The van der Waals surface area contributed by atoms with Crippen LogP contribution in [0.4, 0.5) is 16.2 Å². The highest BCUT2D eigenvalue weighted by molar-refractivity contribution is 5.99. The second kappa shape index (κ2) is 13.0. The first-order chi connectivity index (χ1) is 16.7. The van der Waals surface area contributed by atoms with Gasteiger partial charge in [0.15, 0.2) is 5.75 Å². The van der Waals surface area contributed by atoms with Crippen LogP contribution in [0, 0.1) is 10.1 Å². The van der Waals surface area contributed by atoms with E-state index in [0.29, 0.717) is 29.2 Å². The van der Waals surface area contributed by atoms with Crippen molar-refractivity contribution in [3.8, 4) is 17.2 Å². The second-order valence-electron chi connectivity index (χ2n) is 7.63. The Morgan fingerprint density at radius 1 is 0.943 bits per heavy atom. The zero-order valence-electron chi connectivity index (χ0n) is 20.6. The van der Waals surface area contributed by atoms with Crippen LogP contribution in [0.5, 0.6) is 17.2 Å². The number of nitrogens with zero attached hydrogens (tertiary/aromatic N) is 1. The molecule has 190 valence electrons. The van der Waals surface area contributed by atoms with Gasteiger partial charge in [-0.05, 0) is 58.9 Å². The van der Waals surface area contributed by atoms with E-state index in [2.05, 4.69) is 16.0 Å². The van der Waals surface area contributed by atoms with Crippen LogP contribution in [-0.4, -0.2) is 42.7 Å². The van der Waals surface area contributed by atoms with Crippen molar-refractivity contribution in [3.05, 3.63) is 51.6 Å². The molecule has 3 amide bonds. The number of hydrogen-bond donors (Lipinski definition) is 3. The van der Waals surface area contributed by atoms with E-state index < -0.39 is 11.0 Å². The number of amides is 3. The third kappa shape index (κ3) is 7.76. The van der Waals surface area contributed by atoms with Crippen molar-refractivity contribution in [1.29, 1.82) is 0 Å². The smallest absolute Gasteiger partial charge is 0.319 e. The quantitative estimate of drug-likeness (QED) is 0.299. The van der Waals surface area contributed by atoms with Crippen molar-refractivity contribution in [3.63, 3.8) is 0 Å². The SMILES string of the molecule is CCOc1cc([N+](=O)[O-])c(OCC)cc1CNC(=O)Nc1ccc(OCC)c(C(=O)NC(C)C)c1. The summed E-state index contributed by atoms with van der Waals surface area (Å²) in [4.78, 5) is 36.0. The van der Waals surface area contributed by atoms with Crippen LogP contribution in [0.25, 0.3) is 0 Å². The summed E-state index contributed by atoms with van der Waals surface area (Å²) in [7, 11) is 0. The highest BCUT2D eigenvalue weighted by atomic mass is 16.6. The van der Waals surface area contributed by atoms with Gasteiger partial charge in [-0.3, -0.25) is 14.9 Å². The lowest BCUT2D eigenvalue weighted by atomic mass is 10.1. The van der Waals surface area contributed by atoms with Gasteiger partial charge in [0.05, 0.1) is 36.4 Å². The number of anilines is 1. The zero-order chi connectivity index (χ0) is 26.0. The maximum absolute atomic E-state index is 12.6. The lowest BCUT2D eigenvalue weighted by Gasteiger charge is -2.16. The van der Waals surface area contributed by atoms with E-state index in [-0.39, 0.29) is 48.9 Å². The van der Waals surface area contributed by atoms with E-state index in [1.807, 2.05) is 20.8 Å². The molecule has 0 saturated carbocycles. The second-order valence-corrected chi connectivity index (χ2v) is 7.63. The van der Waals surface area contributed by atoms with Crippen LogP contribution in [-0.2, 0) is 6.54 Å². The molecule has 2 aromatic rings. The summed E-state index contributed by atoms with van der Waals surface area (Å²) in [5, 5.41) is 19.6. The van der Waals surface area contributed by atoms with Crippen LogP contribution in [0.2, 0.25) is 0 Å². The number of benzene rings is 2. The van der Waals surface area contributed by atoms with Gasteiger partial charge in [-0.2, -0.15) is 0 Å². The number of ether oxygens (including phenoxy) is 3. The average molecular weight is 489 g/mol. The van der Waals surface area contributed by atoms with Crippen molar-refractivity contribution in [2.45, 2.75) is 47.2 Å². The molecule has 0 fully saturated rings. The largest absolute Gasteiger partial charge is 0.493 e. The minimum Gasteiger partial charge on any atom is -0.493 e. The molecule has 0 aliphatic heterocycles. The van der Waals surface area contributed by atoms with Gasteiger partial charge in [0.1, 0.15) is 11.5 Å². The van der Waals surface area contributed by atoms with Crippen LogP contribution in [0.3, 0.4) is 0 Å². The number of nitro groups is 1. The summed E-state index contributed by atoms with van der Waals surface area (Å²) in [6.07, 6.45) is 0. The zero-order valence-corrected chi connectivity index (χ0v) is 20.6. The number of carbonyl (C=O) groups is 2. The molecule has 0 aromatic heterocycles. The fourth-order valence-corrected chi connectivity index (χ4v) is 3.19. The van der Waals surface area contributed by atoms with Gasteiger partial charge < -0.3 is 30.2 Å². The Hall–Kier alpha value is -4.02. The Bertz CT molecular complexity index is 1060. The Morgan fingerprint density at radius 2 is 1.57 bits per heavy atom. The normalized spacial score (nSPS) is 10.5. The molecule has 11 nitrogen and oxygen atoms in total. The Morgan fingerprint density at radius 3 is 2.17 bits per heavy atom. The lowest BCUT2D eigenvalue weighted by molar-refractivity contribution is -0.385. The van der Waals surface area contributed by atoms with E-state index in [9.17, 15) is 19.7 Å². The van der Waals surface area contributed by atoms with Crippen molar-refractivity contribution in [2.24, 2.45) is 0 Å². The minimum atomic E-state index is -0.545. The lowest BCUT2D eigenvalue weighted by Crippen LogP contribution is -2.31. The molecule has 11 heteroatoms.